The Hall–Kier alpha value is -1.58. The van der Waals surface area contributed by atoms with E-state index in [0.717, 1.165) is 26.2 Å². The highest BCUT2D eigenvalue weighted by Gasteiger charge is 2.34. The van der Waals surface area contributed by atoms with Crippen molar-refractivity contribution in [1.82, 2.24) is 10.2 Å². The Balaban J connectivity index is 1.76. The van der Waals surface area contributed by atoms with Crippen LogP contribution in [-0.4, -0.2) is 31.6 Å². The normalized spacial score (nSPS) is 18.0. The summed E-state index contributed by atoms with van der Waals surface area (Å²) in [4.78, 5) is 2.42. The van der Waals surface area contributed by atoms with Gasteiger partial charge in [0.05, 0.1) is 12.5 Å². The van der Waals surface area contributed by atoms with Crippen LogP contribution in [0.2, 0.25) is 0 Å². The van der Waals surface area contributed by atoms with Crippen LogP contribution in [0, 0.1) is 0 Å². The summed E-state index contributed by atoms with van der Waals surface area (Å²) in [5.41, 5.74) is 2.99. The monoisotopic (exact) mass is 284 g/mol. The van der Waals surface area contributed by atoms with Crippen LogP contribution in [-0.2, 0) is 12.0 Å². The number of rotatable bonds is 5. The summed E-state index contributed by atoms with van der Waals surface area (Å²) in [6.07, 6.45) is 5.99. The van der Waals surface area contributed by atoms with Gasteiger partial charge in [0.15, 0.2) is 0 Å². The Morgan fingerprint density at radius 1 is 1.14 bits per heavy atom. The van der Waals surface area contributed by atoms with Crippen LogP contribution >= 0.6 is 0 Å². The summed E-state index contributed by atoms with van der Waals surface area (Å²) in [7, 11) is 2.21. The zero-order chi connectivity index (χ0) is 14.5. The van der Waals surface area contributed by atoms with Crippen LogP contribution in [0.15, 0.2) is 53.3 Å². The van der Waals surface area contributed by atoms with Crippen molar-refractivity contribution in [2.24, 2.45) is 0 Å². The van der Waals surface area contributed by atoms with Gasteiger partial charge in [-0.2, -0.15) is 0 Å². The van der Waals surface area contributed by atoms with Crippen LogP contribution in [0.3, 0.4) is 0 Å². The SMILES string of the molecule is CN(Cc1ccoc1)CC1(c2ccccc2)CCNCC1. The van der Waals surface area contributed by atoms with Gasteiger partial charge in [0.1, 0.15) is 0 Å². The highest BCUT2D eigenvalue weighted by Crippen LogP contribution is 2.34. The molecule has 3 nitrogen and oxygen atoms in total. The molecular formula is C18H24N2O. The third kappa shape index (κ3) is 3.36. The van der Waals surface area contributed by atoms with E-state index in [-0.39, 0.29) is 5.41 Å². The largest absolute Gasteiger partial charge is 0.472 e. The molecule has 1 aliphatic rings. The molecule has 3 heteroatoms. The Morgan fingerprint density at radius 3 is 2.57 bits per heavy atom. The molecule has 1 aromatic carbocycles. The zero-order valence-corrected chi connectivity index (χ0v) is 12.7. The van der Waals surface area contributed by atoms with Gasteiger partial charge in [0, 0.05) is 24.1 Å². The number of hydrogen-bond acceptors (Lipinski definition) is 3. The molecule has 1 fully saturated rings. The van der Waals surface area contributed by atoms with E-state index in [1.165, 1.54) is 24.0 Å². The molecule has 112 valence electrons. The standard InChI is InChI=1S/C18H24N2O/c1-20(13-16-7-12-21-14-16)15-18(8-10-19-11-9-18)17-5-3-2-4-6-17/h2-7,12,14,19H,8-11,13,15H2,1H3. The summed E-state index contributed by atoms with van der Waals surface area (Å²) in [5, 5.41) is 3.49. The Labute approximate surface area is 127 Å². The number of benzene rings is 1. The minimum Gasteiger partial charge on any atom is -0.472 e. The van der Waals surface area contributed by atoms with Crippen molar-refractivity contribution in [3.63, 3.8) is 0 Å². The quantitative estimate of drug-likeness (QED) is 0.915. The number of nitrogens with one attached hydrogen (secondary N) is 1. The van der Waals surface area contributed by atoms with Crippen molar-refractivity contribution in [2.45, 2.75) is 24.8 Å². The van der Waals surface area contributed by atoms with Gasteiger partial charge in [0.25, 0.3) is 0 Å². The van der Waals surface area contributed by atoms with Crippen molar-refractivity contribution in [3.05, 3.63) is 60.1 Å². The fourth-order valence-corrected chi connectivity index (χ4v) is 3.50. The summed E-state index contributed by atoms with van der Waals surface area (Å²) in [6.45, 7) is 4.24. The van der Waals surface area contributed by atoms with Crippen LogP contribution in [0.1, 0.15) is 24.0 Å². The van der Waals surface area contributed by atoms with Crippen LogP contribution in [0.5, 0.6) is 0 Å². The average molecular weight is 284 g/mol. The van der Waals surface area contributed by atoms with E-state index >= 15 is 0 Å². The minimum absolute atomic E-state index is 0.269. The lowest BCUT2D eigenvalue weighted by Gasteiger charge is -2.41. The lowest BCUT2D eigenvalue weighted by Crippen LogP contribution is -2.46. The van der Waals surface area contributed by atoms with Crippen molar-refractivity contribution in [2.75, 3.05) is 26.7 Å². The van der Waals surface area contributed by atoms with E-state index in [0.29, 0.717) is 0 Å². The summed E-state index contributed by atoms with van der Waals surface area (Å²) in [5.74, 6) is 0. The molecule has 0 amide bonds. The first-order valence-corrected chi connectivity index (χ1v) is 7.74. The number of nitrogens with zero attached hydrogens (tertiary/aromatic N) is 1. The average Bonchev–Trinajstić information content (AvgIpc) is 3.02. The molecule has 0 radical (unpaired) electrons. The Kier molecular flexibility index (Phi) is 4.42. The molecule has 0 spiro atoms. The minimum atomic E-state index is 0.269. The van der Waals surface area contributed by atoms with Crippen LogP contribution < -0.4 is 5.32 Å². The first-order chi connectivity index (χ1) is 10.3. The van der Waals surface area contributed by atoms with Crippen molar-refractivity contribution in [3.8, 4) is 0 Å². The summed E-state index contributed by atoms with van der Waals surface area (Å²) >= 11 is 0. The third-order valence-electron chi connectivity index (χ3n) is 4.55. The first-order valence-electron chi connectivity index (χ1n) is 7.74. The predicted molar refractivity (Wildman–Crippen MR) is 85.3 cm³/mol. The topological polar surface area (TPSA) is 28.4 Å². The lowest BCUT2D eigenvalue weighted by molar-refractivity contribution is 0.195. The molecule has 1 N–H and O–H groups in total. The lowest BCUT2D eigenvalue weighted by atomic mass is 9.73. The van der Waals surface area contributed by atoms with Crippen LogP contribution in [0.4, 0.5) is 0 Å². The van der Waals surface area contributed by atoms with Gasteiger partial charge in [-0.1, -0.05) is 30.3 Å². The maximum Gasteiger partial charge on any atom is 0.0947 e. The molecule has 1 aromatic heterocycles. The summed E-state index contributed by atoms with van der Waals surface area (Å²) < 4.78 is 5.18. The molecule has 3 rings (SSSR count). The van der Waals surface area contributed by atoms with E-state index in [2.05, 4.69) is 47.6 Å². The summed E-state index contributed by atoms with van der Waals surface area (Å²) in [6, 6.07) is 13.1. The van der Waals surface area contributed by atoms with Gasteiger partial charge >= 0.3 is 0 Å². The van der Waals surface area contributed by atoms with Gasteiger partial charge in [-0.3, -0.25) is 0 Å². The molecule has 21 heavy (non-hydrogen) atoms. The van der Waals surface area contributed by atoms with Crippen molar-refractivity contribution in [1.29, 1.82) is 0 Å². The van der Waals surface area contributed by atoms with Crippen LogP contribution in [0.25, 0.3) is 0 Å². The van der Waals surface area contributed by atoms with E-state index in [1.807, 2.05) is 12.3 Å². The van der Waals surface area contributed by atoms with Gasteiger partial charge in [-0.15, -0.1) is 0 Å². The molecule has 0 atom stereocenters. The van der Waals surface area contributed by atoms with Gasteiger partial charge < -0.3 is 14.6 Å². The zero-order valence-electron chi connectivity index (χ0n) is 12.7. The number of hydrogen-bond donors (Lipinski definition) is 1. The first kappa shape index (κ1) is 14.4. The van der Waals surface area contributed by atoms with E-state index in [1.54, 1.807) is 6.26 Å². The highest BCUT2D eigenvalue weighted by molar-refractivity contribution is 5.27. The maximum atomic E-state index is 5.18. The maximum absolute atomic E-state index is 5.18. The van der Waals surface area contributed by atoms with Gasteiger partial charge in [-0.25, -0.2) is 0 Å². The highest BCUT2D eigenvalue weighted by atomic mass is 16.3. The number of piperidine rings is 1. The molecule has 1 saturated heterocycles. The van der Waals surface area contributed by atoms with Crippen molar-refractivity contribution < 1.29 is 4.42 Å². The molecule has 2 heterocycles. The molecule has 0 bridgehead atoms. The van der Waals surface area contributed by atoms with Gasteiger partial charge in [-0.05, 0) is 44.6 Å². The third-order valence-corrected chi connectivity index (χ3v) is 4.55. The Bertz CT molecular complexity index is 530. The second-order valence-electron chi connectivity index (χ2n) is 6.20. The molecular weight excluding hydrogens is 260 g/mol. The molecule has 0 unspecified atom stereocenters. The predicted octanol–water partition coefficient (Wildman–Crippen LogP) is 3.03. The second-order valence-corrected chi connectivity index (χ2v) is 6.20. The van der Waals surface area contributed by atoms with Crippen molar-refractivity contribution >= 4 is 0 Å². The van der Waals surface area contributed by atoms with Gasteiger partial charge in [0.2, 0.25) is 0 Å². The van der Waals surface area contributed by atoms with E-state index in [4.69, 9.17) is 4.42 Å². The molecule has 2 aromatic rings. The molecule has 1 aliphatic heterocycles. The fourth-order valence-electron chi connectivity index (χ4n) is 3.50. The fraction of sp³-hybridized carbons (Fsp3) is 0.444. The number of likely N-dealkylation sites (N-methyl/N-ethyl adjacent to an activating group) is 1. The number of furan rings is 1. The molecule has 0 aliphatic carbocycles. The van der Waals surface area contributed by atoms with E-state index in [9.17, 15) is 0 Å². The smallest absolute Gasteiger partial charge is 0.0947 e. The Morgan fingerprint density at radius 2 is 1.90 bits per heavy atom. The second kappa shape index (κ2) is 6.46. The van der Waals surface area contributed by atoms with E-state index < -0.39 is 0 Å². The molecule has 0 saturated carbocycles.